The SMILES string of the molecule is c1ccc(-c2cc3c(cn2)-c2nc(-c4ccccc4)nc(-c4cccc5ccccc45)c2C3(c2ccccc2)c2ccccc2)cc1. The Kier molecular flexibility index (Phi) is 6.36. The van der Waals surface area contributed by atoms with E-state index in [9.17, 15) is 0 Å². The van der Waals surface area contributed by atoms with Crippen molar-refractivity contribution in [3.05, 3.63) is 198 Å². The molecule has 6 aromatic carbocycles. The number of fused-ring (bicyclic) bond motifs is 4. The molecule has 0 radical (unpaired) electrons. The number of aromatic nitrogens is 3. The van der Waals surface area contributed by atoms with Crippen LogP contribution in [0.4, 0.5) is 0 Å². The molecule has 220 valence electrons. The first-order valence-corrected chi connectivity index (χ1v) is 16.0. The minimum absolute atomic E-state index is 0.697. The van der Waals surface area contributed by atoms with Crippen LogP contribution in [0, 0.1) is 0 Å². The van der Waals surface area contributed by atoms with Gasteiger partial charge in [-0.1, -0.05) is 164 Å². The third-order valence-corrected chi connectivity index (χ3v) is 9.41. The van der Waals surface area contributed by atoms with Crippen LogP contribution in [-0.2, 0) is 5.41 Å². The number of pyridine rings is 1. The normalized spacial score (nSPS) is 12.9. The first-order valence-electron chi connectivity index (χ1n) is 16.0. The maximum Gasteiger partial charge on any atom is 0.160 e. The quantitative estimate of drug-likeness (QED) is 0.198. The van der Waals surface area contributed by atoms with Gasteiger partial charge in [-0.25, -0.2) is 9.97 Å². The second kappa shape index (κ2) is 11.0. The summed E-state index contributed by atoms with van der Waals surface area (Å²) < 4.78 is 0. The molecule has 0 unspecified atom stereocenters. The van der Waals surface area contributed by atoms with Crippen LogP contribution < -0.4 is 0 Å². The van der Waals surface area contributed by atoms with Crippen molar-refractivity contribution >= 4 is 10.8 Å². The van der Waals surface area contributed by atoms with Crippen LogP contribution in [0.5, 0.6) is 0 Å². The first-order chi connectivity index (χ1) is 23.3. The molecular formula is C44H29N3. The van der Waals surface area contributed by atoms with Crippen LogP contribution >= 0.6 is 0 Å². The highest BCUT2D eigenvalue weighted by atomic mass is 14.9. The van der Waals surface area contributed by atoms with E-state index >= 15 is 0 Å². The molecule has 1 aliphatic carbocycles. The van der Waals surface area contributed by atoms with Gasteiger partial charge in [0.05, 0.1) is 22.5 Å². The lowest BCUT2D eigenvalue weighted by atomic mass is 9.67. The van der Waals surface area contributed by atoms with Crippen molar-refractivity contribution in [1.82, 2.24) is 15.0 Å². The number of hydrogen-bond acceptors (Lipinski definition) is 3. The van der Waals surface area contributed by atoms with E-state index in [0.717, 1.165) is 67.0 Å². The predicted octanol–water partition coefficient (Wildman–Crippen LogP) is 10.4. The van der Waals surface area contributed by atoms with E-state index < -0.39 is 5.41 Å². The van der Waals surface area contributed by atoms with E-state index in [1.165, 1.54) is 5.39 Å². The van der Waals surface area contributed by atoms with Gasteiger partial charge in [0.2, 0.25) is 0 Å². The zero-order valence-electron chi connectivity index (χ0n) is 25.6. The lowest BCUT2D eigenvalue weighted by molar-refractivity contribution is 0.763. The molecule has 1 aliphatic rings. The largest absolute Gasteiger partial charge is 0.256 e. The van der Waals surface area contributed by atoms with Crippen molar-refractivity contribution in [3.8, 4) is 45.2 Å². The van der Waals surface area contributed by atoms with Gasteiger partial charge in [-0.2, -0.15) is 0 Å². The smallest absolute Gasteiger partial charge is 0.160 e. The number of rotatable bonds is 5. The lowest BCUT2D eigenvalue weighted by Gasteiger charge is -2.35. The molecule has 3 nitrogen and oxygen atoms in total. The third-order valence-electron chi connectivity index (χ3n) is 9.41. The molecule has 3 heteroatoms. The van der Waals surface area contributed by atoms with Crippen LogP contribution in [0.1, 0.15) is 22.3 Å². The van der Waals surface area contributed by atoms with Crippen molar-refractivity contribution in [3.63, 3.8) is 0 Å². The fourth-order valence-corrected chi connectivity index (χ4v) is 7.35. The number of hydrogen-bond donors (Lipinski definition) is 0. The molecule has 0 N–H and O–H groups in total. The summed E-state index contributed by atoms with van der Waals surface area (Å²) >= 11 is 0. The molecule has 9 rings (SSSR count). The van der Waals surface area contributed by atoms with Crippen LogP contribution in [0.25, 0.3) is 55.9 Å². The highest BCUT2D eigenvalue weighted by molar-refractivity contribution is 6.00. The summed E-state index contributed by atoms with van der Waals surface area (Å²) in [5.41, 5.74) is 10.8. The summed E-state index contributed by atoms with van der Waals surface area (Å²) in [5.74, 6) is 0.697. The predicted molar refractivity (Wildman–Crippen MR) is 191 cm³/mol. The Morgan fingerprint density at radius 3 is 1.64 bits per heavy atom. The van der Waals surface area contributed by atoms with E-state index in [2.05, 4.69) is 146 Å². The Morgan fingerprint density at radius 1 is 0.447 bits per heavy atom. The molecule has 47 heavy (non-hydrogen) atoms. The van der Waals surface area contributed by atoms with E-state index in [1.54, 1.807) is 0 Å². The average Bonchev–Trinajstić information content (AvgIpc) is 3.46. The molecule has 0 saturated carbocycles. The molecule has 2 aromatic heterocycles. The zero-order valence-corrected chi connectivity index (χ0v) is 25.6. The standard InChI is InChI=1S/C44H29N3/c1-5-17-31(18-6-1)39-28-38-37(29-45-39)42-40(44(38,33-22-9-3-10-23-33)34-24-11-4-12-25-34)41(46-43(47-42)32-19-7-2-8-20-32)36-27-15-21-30-16-13-14-26-35(30)36/h1-29H. The second-order valence-electron chi connectivity index (χ2n) is 12.0. The number of nitrogens with zero attached hydrogens (tertiary/aromatic N) is 3. The van der Waals surface area contributed by atoms with Crippen molar-refractivity contribution in [2.45, 2.75) is 5.41 Å². The summed E-state index contributed by atoms with van der Waals surface area (Å²) in [7, 11) is 0. The molecule has 8 aromatic rings. The van der Waals surface area contributed by atoms with Crippen molar-refractivity contribution in [2.24, 2.45) is 0 Å². The van der Waals surface area contributed by atoms with Gasteiger partial charge in [-0.05, 0) is 33.5 Å². The van der Waals surface area contributed by atoms with Gasteiger partial charge in [-0.3, -0.25) is 4.98 Å². The van der Waals surface area contributed by atoms with Crippen molar-refractivity contribution < 1.29 is 0 Å². The molecule has 0 bridgehead atoms. The van der Waals surface area contributed by atoms with Crippen LogP contribution in [-0.4, -0.2) is 15.0 Å². The Labute approximate surface area is 273 Å². The summed E-state index contributed by atoms with van der Waals surface area (Å²) in [6.45, 7) is 0. The van der Waals surface area contributed by atoms with Crippen LogP contribution in [0.15, 0.2) is 176 Å². The topological polar surface area (TPSA) is 38.7 Å². The number of benzene rings is 6. The fraction of sp³-hybridized carbons (Fsp3) is 0.0227. The molecular weight excluding hydrogens is 571 g/mol. The average molecular weight is 600 g/mol. The molecule has 0 atom stereocenters. The second-order valence-corrected chi connectivity index (χ2v) is 12.0. The van der Waals surface area contributed by atoms with Gasteiger partial charge < -0.3 is 0 Å². The zero-order chi connectivity index (χ0) is 31.2. The van der Waals surface area contributed by atoms with E-state index in [-0.39, 0.29) is 0 Å². The summed E-state index contributed by atoms with van der Waals surface area (Å²) in [6.07, 6.45) is 2.03. The van der Waals surface area contributed by atoms with E-state index in [1.807, 2.05) is 30.5 Å². The minimum atomic E-state index is -0.707. The van der Waals surface area contributed by atoms with Gasteiger partial charge in [0.15, 0.2) is 5.82 Å². The van der Waals surface area contributed by atoms with Gasteiger partial charge >= 0.3 is 0 Å². The summed E-state index contributed by atoms with van der Waals surface area (Å²) in [6, 6.07) is 59.8. The van der Waals surface area contributed by atoms with Crippen LogP contribution in [0.2, 0.25) is 0 Å². The van der Waals surface area contributed by atoms with Gasteiger partial charge in [0, 0.05) is 34.0 Å². The summed E-state index contributed by atoms with van der Waals surface area (Å²) in [4.78, 5) is 16.0. The van der Waals surface area contributed by atoms with E-state index in [0.29, 0.717) is 5.82 Å². The van der Waals surface area contributed by atoms with Crippen molar-refractivity contribution in [2.75, 3.05) is 0 Å². The molecule has 0 fully saturated rings. The summed E-state index contributed by atoms with van der Waals surface area (Å²) in [5, 5.41) is 2.33. The first kappa shape index (κ1) is 27.1. The molecule has 0 aliphatic heterocycles. The molecule has 0 amide bonds. The Hall–Kier alpha value is -6.19. The highest BCUT2D eigenvalue weighted by Crippen LogP contribution is 2.58. The van der Waals surface area contributed by atoms with Gasteiger partial charge in [0.25, 0.3) is 0 Å². The Morgan fingerprint density at radius 2 is 0.979 bits per heavy atom. The maximum atomic E-state index is 5.51. The van der Waals surface area contributed by atoms with Crippen molar-refractivity contribution in [1.29, 1.82) is 0 Å². The molecule has 0 saturated heterocycles. The Bertz CT molecular complexity index is 2340. The highest BCUT2D eigenvalue weighted by Gasteiger charge is 2.50. The molecule has 0 spiro atoms. The molecule has 2 heterocycles. The third kappa shape index (κ3) is 4.24. The monoisotopic (exact) mass is 599 g/mol. The Balaban J connectivity index is 1.48. The fourth-order valence-electron chi connectivity index (χ4n) is 7.35. The minimum Gasteiger partial charge on any atom is -0.256 e. The van der Waals surface area contributed by atoms with E-state index in [4.69, 9.17) is 15.0 Å². The van der Waals surface area contributed by atoms with Crippen LogP contribution in [0.3, 0.4) is 0 Å². The van der Waals surface area contributed by atoms with Gasteiger partial charge in [0.1, 0.15) is 0 Å². The lowest BCUT2D eigenvalue weighted by Crippen LogP contribution is -2.30. The van der Waals surface area contributed by atoms with Gasteiger partial charge in [-0.15, -0.1) is 0 Å². The maximum absolute atomic E-state index is 5.51.